The standard InChI is InChI=1S/C22H26N6O2.C4H8O/c1-14-20(23)26-21(15-4-3-5-19(8-15)30-13-18(29)10-24-2)27-22(14)28-11-16-6-7-25-9-17(16)12-28;1-2-4-5-3-1/h3-9,18,24,29H,10-13H2,1-2H3,(H2,23,26,27);1-4H2. The Morgan fingerprint density at radius 3 is 2.69 bits per heavy atom. The number of nitrogens with one attached hydrogen (secondary N) is 1. The molecule has 35 heavy (non-hydrogen) atoms. The molecule has 0 amide bonds. The first kappa shape index (κ1) is 24.8. The number of aliphatic hydroxyl groups excluding tert-OH is 1. The average Bonchev–Trinajstić information content (AvgIpc) is 3.58. The van der Waals surface area contributed by atoms with Crippen LogP contribution in [0.5, 0.6) is 5.75 Å². The summed E-state index contributed by atoms with van der Waals surface area (Å²) < 4.78 is 10.7. The Morgan fingerprint density at radius 1 is 1.17 bits per heavy atom. The van der Waals surface area contributed by atoms with Crippen molar-refractivity contribution in [3.8, 4) is 17.1 Å². The van der Waals surface area contributed by atoms with Gasteiger partial charge in [0.05, 0.1) is 0 Å². The molecule has 3 aromatic rings. The van der Waals surface area contributed by atoms with Gasteiger partial charge in [-0.2, -0.15) is 0 Å². The summed E-state index contributed by atoms with van der Waals surface area (Å²) >= 11 is 0. The number of pyridine rings is 1. The molecular formula is C26H34N6O3. The molecular weight excluding hydrogens is 444 g/mol. The summed E-state index contributed by atoms with van der Waals surface area (Å²) in [6.45, 7) is 6.12. The molecule has 2 aromatic heterocycles. The fourth-order valence-corrected chi connectivity index (χ4v) is 4.05. The SMILES string of the molecule is C1CCOC1.CNCC(O)COc1cccc(-c2nc(N)c(C)c(N3Cc4ccncc4C3)n2)c1. The van der Waals surface area contributed by atoms with Crippen LogP contribution in [-0.2, 0) is 17.8 Å². The predicted octanol–water partition coefficient (Wildman–Crippen LogP) is 2.71. The number of rotatable bonds is 7. The van der Waals surface area contributed by atoms with Crippen molar-refractivity contribution in [3.05, 3.63) is 59.4 Å². The van der Waals surface area contributed by atoms with E-state index in [4.69, 9.17) is 20.2 Å². The molecule has 1 saturated heterocycles. The number of nitrogen functional groups attached to an aromatic ring is 1. The number of aromatic nitrogens is 3. The van der Waals surface area contributed by atoms with Gasteiger partial charge in [0.2, 0.25) is 0 Å². The number of nitrogens with zero attached hydrogens (tertiary/aromatic N) is 4. The van der Waals surface area contributed by atoms with Crippen LogP contribution in [0.4, 0.5) is 11.6 Å². The summed E-state index contributed by atoms with van der Waals surface area (Å²) in [7, 11) is 1.79. The summed E-state index contributed by atoms with van der Waals surface area (Å²) in [6.07, 6.45) is 5.69. The van der Waals surface area contributed by atoms with Crippen LogP contribution in [0.2, 0.25) is 0 Å². The van der Waals surface area contributed by atoms with Gasteiger partial charge in [0, 0.05) is 56.4 Å². The van der Waals surface area contributed by atoms with Crippen LogP contribution in [0.1, 0.15) is 29.5 Å². The molecule has 5 rings (SSSR count). The van der Waals surface area contributed by atoms with Gasteiger partial charge in [0.15, 0.2) is 5.82 Å². The van der Waals surface area contributed by atoms with Crippen LogP contribution < -0.4 is 20.7 Å². The fourth-order valence-electron chi connectivity index (χ4n) is 4.05. The third-order valence-corrected chi connectivity index (χ3v) is 5.99. The Morgan fingerprint density at radius 2 is 1.97 bits per heavy atom. The normalized spacial score (nSPS) is 15.3. The molecule has 1 aromatic carbocycles. The Kier molecular flexibility index (Phi) is 8.46. The highest BCUT2D eigenvalue weighted by molar-refractivity contribution is 5.66. The van der Waals surface area contributed by atoms with E-state index in [2.05, 4.69) is 20.2 Å². The number of aliphatic hydroxyl groups is 1. The van der Waals surface area contributed by atoms with E-state index in [1.165, 1.54) is 24.0 Å². The molecule has 2 aliphatic rings. The lowest BCUT2D eigenvalue weighted by molar-refractivity contribution is 0.108. The van der Waals surface area contributed by atoms with Crippen molar-refractivity contribution < 1.29 is 14.6 Å². The van der Waals surface area contributed by atoms with E-state index in [1.807, 2.05) is 49.6 Å². The lowest BCUT2D eigenvalue weighted by Crippen LogP contribution is -2.29. The number of hydrogen-bond donors (Lipinski definition) is 3. The van der Waals surface area contributed by atoms with Crippen LogP contribution in [0.3, 0.4) is 0 Å². The molecule has 2 aliphatic heterocycles. The lowest BCUT2D eigenvalue weighted by Gasteiger charge is -2.20. The van der Waals surface area contributed by atoms with E-state index in [-0.39, 0.29) is 6.61 Å². The van der Waals surface area contributed by atoms with E-state index < -0.39 is 6.10 Å². The maximum absolute atomic E-state index is 9.86. The van der Waals surface area contributed by atoms with Crippen molar-refractivity contribution in [2.24, 2.45) is 0 Å². The Labute approximate surface area is 206 Å². The first-order valence-electron chi connectivity index (χ1n) is 12.0. The summed E-state index contributed by atoms with van der Waals surface area (Å²) in [4.78, 5) is 15.7. The first-order valence-corrected chi connectivity index (χ1v) is 12.0. The molecule has 9 nitrogen and oxygen atoms in total. The van der Waals surface area contributed by atoms with Gasteiger partial charge < -0.3 is 30.5 Å². The van der Waals surface area contributed by atoms with Gasteiger partial charge >= 0.3 is 0 Å². The van der Waals surface area contributed by atoms with E-state index >= 15 is 0 Å². The number of hydrogen-bond acceptors (Lipinski definition) is 9. The Balaban J connectivity index is 0.000000514. The molecule has 4 N–H and O–H groups in total. The van der Waals surface area contributed by atoms with E-state index in [0.717, 1.165) is 43.2 Å². The van der Waals surface area contributed by atoms with Gasteiger partial charge in [0.25, 0.3) is 0 Å². The molecule has 1 fully saturated rings. The second-order valence-corrected chi connectivity index (χ2v) is 8.75. The molecule has 1 unspecified atom stereocenters. The van der Waals surface area contributed by atoms with Crippen molar-refractivity contribution in [2.75, 3.05) is 44.0 Å². The number of nitrogens with two attached hydrogens (primary N) is 1. The van der Waals surface area contributed by atoms with Crippen LogP contribution in [0, 0.1) is 6.92 Å². The number of anilines is 2. The summed E-state index contributed by atoms with van der Waals surface area (Å²) in [6, 6.07) is 9.55. The molecule has 1 atom stereocenters. The zero-order chi connectivity index (χ0) is 24.6. The van der Waals surface area contributed by atoms with Crippen molar-refractivity contribution in [1.29, 1.82) is 0 Å². The molecule has 0 aliphatic carbocycles. The third kappa shape index (κ3) is 6.45. The van der Waals surface area contributed by atoms with Crippen LogP contribution >= 0.6 is 0 Å². The molecule has 186 valence electrons. The molecule has 0 radical (unpaired) electrons. The van der Waals surface area contributed by atoms with Gasteiger partial charge in [-0.25, -0.2) is 9.97 Å². The highest BCUT2D eigenvalue weighted by atomic mass is 16.5. The summed E-state index contributed by atoms with van der Waals surface area (Å²) in [5.41, 5.74) is 10.4. The summed E-state index contributed by atoms with van der Waals surface area (Å²) in [5.74, 6) is 2.47. The zero-order valence-electron chi connectivity index (χ0n) is 20.4. The van der Waals surface area contributed by atoms with E-state index in [0.29, 0.717) is 23.9 Å². The summed E-state index contributed by atoms with van der Waals surface area (Å²) in [5, 5.41) is 12.8. The molecule has 0 bridgehead atoms. The highest BCUT2D eigenvalue weighted by Gasteiger charge is 2.23. The maximum atomic E-state index is 9.86. The van der Waals surface area contributed by atoms with Gasteiger partial charge in [0.1, 0.15) is 30.1 Å². The topological polar surface area (TPSA) is 119 Å². The second-order valence-electron chi connectivity index (χ2n) is 8.75. The van der Waals surface area contributed by atoms with Crippen molar-refractivity contribution >= 4 is 11.6 Å². The molecule has 4 heterocycles. The van der Waals surface area contributed by atoms with Gasteiger partial charge in [-0.1, -0.05) is 12.1 Å². The number of likely N-dealkylation sites (N-methyl/N-ethyl adjacent to an activating group) is 1. The van der Waals surface area contributed by atoms with Crippen molar-refractivity contribution in [2.45, 2.75) is 39.0 Å². The number of ether oxygens (including phenoxy) is 2. The zero-order valence-corrected chi connectivity index (χ0v) is 20.4. The third-order valence-electron chi connectivity index (χ3n) is 5.99. The highest BCUT2D eigenvalue weighted by Crippen LogP contribution is 2.32. The quantitative estimate of drug-likeness (QED) is 0.471. The first-order chi connectivity index (χ1) is 17.0. The van der Waals surface area contributed by atoms with Crippen LogP contribution in [-0.4, -0.2) is 59.6 Å². The fraction of sp³-hybridized carbons (Fsp3) is 0.423. The maximum Gasteiger partial charge on any atom is 0.164 e. The van der Waals surface area contributed by atoms with E-state index in [1.54, 1.807) is 7.05 Å². The Hall–Kier alpha value is -3.27. The largest absolute Gasteiger partial charge is 0.491 e. The van der Waals surface area contributed by atoms with Gasteiger partial charge in [-0.05, 0) is 56.1 Å². The van der Waals surface area contributed by atoms with Crippen LogP contribution in [0.15, 0.2) is 42.7 Å². The smallest absolute Gasteiger partial charge is 0.164 e. The predicted molar refractivity (Wildman–Crippen MR) is 136 cm³/mol. The Bertz CT molecular complexity index is 1090. The van der Waals surface area contributed by atoms with Crippen LogP contribution in [0.25, 0.3) is 11.4 Å². The molecule has 9 heteroatoms. The van der Waals surface area contributed by atoms with E-state index in [9.17, 15) is 5.11 Å². The van der Waals surface area contributed by atoms with Crippen molar-refractivity contribution in [3.63, 3.8) is 0 Å². The second kappa shape index (κ2) is 11.9. The average molecular weight is 479 g/mol. The number of fused-ring (bicyclic) bond motifs is 1. The minimum atomic E-state index is -0.581. The minimum Gasteiger partial charge on any atom is -0.491 e. The van der Waals surface area contributed by atoms with Crippen molar-refractivity contribution in [1.82, 2.24) is 20.3 Å². The molecule has 0 saturated carbocycles. The number of benzene rings is 1. The molecule has 0 spiro atoms. The lowest BCUT2D eigenvalue weighted by atomic mass is 10.2. The minimum absolute atomic E-state index is 0.201. The van der Waals surface area contributed by atoms with Gasteiger partial charge in [-0.3, -0.25) is 4.98 Å². The monoisotopic (exact) mass is 478 g/mol. The van der Waals surface area contributed by atoms with Gasteiger partial charge in [-0.15, -0.1) is 0 Å².